The van der Waals surface area contributed by atoms with Crippen molar-refractivity contribution >= 4 is 19.8 Å². The van der Waals surface area contributed by atoms with Crippen LogP contribution in [0.15, 0.2) is 48.6 Å². The second-order valence-electron chi connectivity index (χ2n) is 17.5. The topological polar surface area (TPSA) is 108 Å². The molecular weight excluding hydrogens is 774 g/mol. The van der Waals surface area contributed by atoms with Gasteiger partial charge >= 0.3 is 19.8 Å². The van der Waals surface area contributed by atoms with Gasteiger partial charge in [0.2, 0.25) is 0 Å². The van der Waals surface area contributed by atoms with E-state index in [1.54, 1.807) is 0 Å². The number of nitrogens with zero attached hydrogens (tertiary/aromatic N) is 1. The van der Waals surface area contributed by atoms with Crippen LogP contribution in [0.5, 0.6) is 0 Å². The van der Waals surface area contributed by atoms with Gasteiger partial charge in [-0.1, -0.05) is 197 Å². The van der Waals surface area contributed by atoms with E-state index >= 15 is 0 Å². The fourth-order valence-corrected chi connectivity index (χ4v) is 7.29. The quantitative estimate of drug-likeness (QED) is 0.0212. The van der Waals surface area contributed by atoms with Gasteiger partial charge in [0.05, 0.1) is 27.7 Å². The summed E-state index contributed by atoms with van der Waals surface area (Å²) in [7, 11) is 1.44. The number of esters is 2. The molecule has 2 atom stereocenters. The summed E-state index contributed by atoms with van der Waals surface area (Å²) in [5.41, 5.74) is 0. The third kappa shape index (κ3) is 45.5. The molecule has 0 radical (unpaired) electrons. The van der Waals surface area contributed by atoms with E-state index in [9.17, 15) is 19.0 Å². The number of hydrogen-bond donors (Lipinski definition) is 1. The van der Waals surface area contributed by atoms with Crippen LogP contribution in [0.2, 0.25) is 0 Å². The molecule has 350 valence electrons. The van der Waals surface area contributed by atoms with Crippen molar-refractivity contribution in [2.45, 2.75) is 213 Å². The SMILES string of the molecule is CCCCCC/C=C\C/C=C\C/C=C\C/C=C\CCC(=O)OC(COC(=O)CCCCCCCCCCCCCCCCCCCCC)COP(=O)(O)OCC[N+](C)(C)C. The van der Waals surface area contributed by atoms with Crippen molar-refractivity contribution in [3.63, 3.8) is 0 Å². The van der Waals surface area contributed by atoms with Crippen LogP contribution in [0.4, 0.5) is 0 Å². The van der Waals surface area contributed by atoms with Crippen LogP contribution < -0.4 is 0 Å². The van der Waals surface area contributed by atoms with Gasteiger partial charge in [-0.3, -0.25) is 18.6 Å². The van der Waals surface area contributed by atoms with E-state index in [-0.39, 0.29) is 32.0 Å². The van der Waals surface area contributed by atoms with Crippen LogP contribution in [0.25, 0.3) is 0 Å². The van der Waals surface area contributed by atoms with Crippen LogP contribution >= 0.6 is 7.82 Å². The lowest BCUT2D eigenvalue weighted by Crippen LogP contribution is -2.37. The molecule has 0 aromatic rings. The van der Waals surface area contributed by atoms with E-state index in [4.69, 9.17) is 18.5 Å². The van der Waals surface area contributed by atoms with E-state index in [0.29, 0.717) is 17.4 Å². The normalized spacial score (nSPS) is 13.9. The Kier molecular flexibility index (Phi) is 40.8. The number of hydrogen-bond acceptors (Lipinski definition) is 7. The number of carbonyl (C=O) groups excluding carboxylic acids is 2. The summed E-state index contributed by atoms with van der Waals surface area (Å²) in [6.45, 7) is 4.34. The molecule has 0 fully saturated rings. The molecule has 0 saturated heterocycles. The van der Waals surface area contributed by atoms with Gasteiger partial charge in [0.15, 0.2) is 6.10 Å². The van der Waals surface area contributed by atoms with Crippen molar-refractivity contribution in [3.8, 4) is 0 Å². The highest BCUT2D eigenvalue weighted by atomic mass is 31.2. The third-order valence-corrected chi connectivity index (χ3v) is 11.4. The molecule has 0 aromatic heterocycles. The van der Waals surface area contributed by atoms with Crippen molar-refractivity contribution in [2.24, 2.45) is 0 Å². The number of phosphoric acid groups is 1. The van der Waals surface area contributed by atoms with Gasteiger partial charge in [-0.05, 0) is 44.9 Å². The molecule has 60 heavy (non-hydrogen) atoms. The Hall–Kier alpha value is -2.03. The smallest absolute Gasteiger partial charge is 0.462 e. The molecule has 0 aliphatic rings. The second kappa shape index (κ2) is 42.3. The van der Waals surface area contributed by atoms with Crippen LogP contribution in [-0.4, -0.2) is 74.9 Å². The van der Waals surface area contributed by atoms with Gasteiger partial charge in [-0.15, -0.1) is 0 Å². The lowest BCUT2D eigenvalue weighted by atomic mass is 10.0. The molecule has 0 spiro atoms. The second-order valence-corrected chi connectivity index (χ2v) is 19.0. The van der Waals surface area contributed by atoms with Crippen molar-refractivity contribution < 1.29 is 42.1 Å². The van der Waals surface area contributed by atoms with Gasteiger partial charge in [0.25, 0.3) is 0 Å². The standard InChI is InChI=1S/C50H92NO8P/c1-6-8-10-12-14-16-18-20-22-24-25-27-28-30-32-34-36-38-40-42-49(52)56-46-48(47-58-60(54,55)57-45-44-51(3,4)5)59-50(53)43-41-39-37-35-33-31-29-26-23-21-19-17-15-13-11-9-7-2/h17,19,23,26,31,33,37,39,48H,6-16,18,20-22,24-25,27-30,32,34-36,38,40-47H2,1-5H3/p+1/b19-17-,26-23-,33-31-,39-37-. The van der Waals surface area contributed by atoms with Crippen molar-refractivity contribution in [3.05, 3.63) is 48.6 Å². The van der Waals surface area contributed by atoms with E-state index in [1.807, 2.05) is 33.3 Å². The zero-order chi connectivity index (χ0) is 44.3. The summed E-state index contributed by atoms with van der Waals surface area (Å²) < 4.78 is 34.3. The van der Waals surface area contributed by atoms with Crippen LogP contribution in [0.1, 0.15) is 206 Å². The molecule has 0 bridgehead atoms. The zero-order valence-electron chi connectivity index (χ0n) is 39.4. The molecule has 0 saturated carbocycles. The minimum absolute atomic E-state index is 0.0191. The maximum Gasteiger partial charge on any atom is 0.472 e. The number of ether oxygens (including phenoxy) is 2. The van der Waals surface area contributed by atoms with E-state index in [1.165, 1.54) is 135 Å². The molecule has 2 unspecified atom stereocenters. The largest absolute Gasteiger partial charge is 0.472 e. The highest BCUT2D eigenvalue weighted by molar-refractivity contribution is 7.47. The molecule has 0 aliphatic carbocycles. The minimum Gasteiger partial charge on any atom is -0.462 e. The van der Waals surface area contributed by atoms with E-state index in [0.717, 1.165) is 38.5 Å². The maximum atomic E-state index is 12.7. The number of likely N-dealkylation sites (N-methyl/N-ethyl adjacent to an activating group) is 1. The Morgan fingerprint density at radius 2 is 0.933 bits per heavy atom. The van der Waals surface area contributed by atoms with Crippen LogP contribution in [0.3, 0.4) is 0 Å². The Morgan fingerprint density at radius 1 is 0.517 bits per heavy atom. The summed E-state index contributed by atoms with van der Waals surface area (Å²) in [6.07, 6.45) is 50.4. The molecule has 0 aromatic carbocycles. The van der Waals surface area contributed by atoms with Gasteiger partial charge in [-0.25, -0.2) is 4.57 Å². The zero-order valence-corrected chi connectivity index (χ0v) is 40.3. The Balaban J connectivity index is 4.37. The summed E-state index contributed by atoms with van der Waals surface area (Å²) in [4.78, 5) is 35.4. The average molecular weight is 867 g/mol. The van der Waals surface area contributed by atoms with Gasteiger partial charge in [0.1, 0.15) is 19.8 Å². The molecule has 0 heterocycles. The van der Waals surface area contributed by atoms with Crippen molar-refractivity contribution in [1.29, 1.82) is 0 Å². The fourth-order valence-electron chi connectivity index (χ4n) is 6.55. The molecule has 10 heteroatoms. The number of allylic oxidation sites excluding steroid dienone is 8. The molecule has 0 amide bonds. The monoisotopic (exact) mass is 867 g/mol. The molecule has 9 nitrogen and oxygen atoms in total. The predicted molar refractivity (Wildman–Crippen MR) is 252 cm³/mol. The van der Waals surface area contributed by atoms with Crippen molar-refractivity contribution in [2.75, 3.05) is 47.5 Å². The highest BCUT2D eigenvalue weighted by Gasteiger charge is 2.27. The first-order valence-electron chi connectivity index (χ1n) is 24.4. The number of phosphoric ester groups is 1. The summed E-state index contributed by atoms with van der Waals surface area (Å²) >= 11 is 0. The number of quaternary nitrogens is 1. The summed E-state index contributed by atoms with van der Waals surface area (Å²) in [5, 5.41) is 0. The maximum absolute atomic E-state index is 12.7. The predicted octanol–water partition coefficient (Wildman–Crippen LogP) is 14.2. The Morgan fingerprint density at radius 3 is 1.40 bits per heavy atom. The first kappa shape index (κ1) is 58.0. The summed E-state index contributed by atoms with van der Waals surface area (Å²) in [5.74, 6) is -0.886. The highest BCUT2D eigenvalue weighted by Crippen LogP contribution is 2.43. The number of unbranched alkanes of at least 4 members (excludes halogenated alkanes) is 22. The van der Waals surface area contributed by atoms with Gasteiger partial charge in [-0.2, -0.15) is 0 Å². The van der Waals surface area contributed by atoms with E-state index in [2.05, 4.69) is 50.3 Å². The molecular formula is C50H93NO8P+. The minimum atomic E-state index is -4.40. The van der Waals surface area contributed by atoms with Crippen LogP contribution in [-0.2, 0) is 32.7 Å². The first-order chi connectivity index (χ1) is 29.0. The number of carbonyl (C=O) groups is 2. The lowest BCUT2D eigenvalue weighted by molar-refractivity contribution is -0.870. The van der Waals surface area contributed by atoms with Crippen LogP contribution in [0, 0.1) is 0 Å². The first-order valence-corrected chi connectivity index (χ1v) is 25.9. The van der Waals surface area contributed by atoms with E-state index < -0.39 is 26.5 Å². The molecule has 0 aliphatic heterocycles. The Bertz CT molecular complexity index is 1160. The third-order valence-electron chi connectivity index (χ3n) is 10.4. The fraction of sp³-hybridized carbons (Fsp3) is 0.800. The molecule has 1 N–H and O–H groups in total. The molecule has 0 rings (SSSR count). The van der Waals surface area contributed by atoms with Gasteiger partial charge in [0, 0.05) is 12.8 Å². The van der Waals surface area contributed by atoms with Crippen molar-refractivity contribution in [1.82, 2.24) is 0 Å². The average Bonchev–Trinajstić information content (AvgIpc) is 3.20. The summed E-state index contributed by atoms with van der Waals surface area (Å²) in [6, 6.07) is 0. The van der Waals surface area contributed by atoms with Gasteiger partial charge < -0.3 is 18.9 Å². The Labute approximate surface area is 369 Å². The number of rotatable bonds is 44. The lowest BCUT2D eigenvalue weighted by Gasteiger charge is -2.24.